The van der Waals surface area contributed by atoms with Gasteiger partial charge in [0.05, 0.1) is 0 Å². The van der Waals surface area contributed by atoms with E-state index in [1.54, 1.807) is 12.1 Å². The van der Waals surface area contributed by atoms with Crippen molar-refractivity contribution in [2.24, 2.45) is 0 Å². The second kappa shape index (κ2) is 6.63. The van der Waals surface area contributed by atoms with Gasteiger partial charge in [-0.1, -0.05) is 24.6 Å². The van der Waals surface area contributed by atoms with E-state index in [4.69, 9.17) is 11.6 Å². The Hall–Kier alpha value is -1.65. The molecule has 0 spiro atoms. The number of hydrogen-bond donors (Lipinski definition) is 1. The summed E-state index contributed by atoms with van der Waals surface area (Å²) in [5.41, 5.74) is 3.43. The molecule has 1 N–H and O–H groups in total. The lowest BCUT2D eigenvalue weighted by Crippen LogP contribution is -2.31. The number of phenolic OH excluding ortho intramolecular Hbond substituents is 1. The smallest absolute Gasteiger partial charge is 0.128 e. The van der Waals surface area contributed by atoms with Gasteiger partial charge in [-0.25, -0.2) is 9.97 Å². The Morgan fingerprint density at radius 1 is 1.36 bits per heavy atom. The molecule has 5 heteroatoms. The molecule has 0 saturated heterocycles. The van der Waals surface area contributed by atoms with E-state index in [0.717, 1.165) is 50.3 Å². The van der Waals surface area contributed by atoms with Gasteiger partial charge in [-0.05, 0) is 24.1 Å². The number of benzene rings is 1. The maximum Gasteiger partial charge on any atom is 0.128 e. The van der Waals surface area contributed by atoms with E-state index in [0.29, 0.717) is 5.02 Å². The van der Waals surface area contributed by atoms with E-state index < -0.39 is 0 Å². The fourth-order valence-corrected chi connectivity index (χ4v) is 3.03. The average Bonchev–Trinajstić information content (AvgIpc) is 2.50. The first-order valence-electron chi connectivity index (χ1n) is 7.69. The molecule has 0 saturated carbocycles. The van der Waals surface area contributed by atoms with Crippen LogP contribution in [-0.4, -0.2) is 26.5 Å². The van der Waals surface area contributed by atoms with Crippen LogP contribution in [0.5, 0.6) is 5.75 Å². The number of aromatic nitrogens is 2. The minimum Gasteiger partial charge on any atom is -0.508 e. The fourth-order valence-electron chi connectivity index (χ4n) is 2.80. The lowest BCUT2D eigenvalue weighted by atomic mass is 10.1. The van der Waals surface area contributed by atoms with Gasteiger partial charge in [-0.2, -0.15) is 0 Å². The van der Waals surface area contributed by atoms with Crippen LogP contribution >= 0.6 is 11.6 Å². The summed E-state index contributed by atoms with van der Waals surface area (Å²) >= 11 is 6.19. The first-order chi connectivity index (χ1) is 10.7. The molecule has 0 unspecified atom stereocenters. The van der Waals surface area contributed by atoms with Gasteiger partial charge >= 0.3 is 0 Å². The number of halogens is 1. The van der Waals surface area contributed by atoms with Gasteiger partial charge in [0.1, 0.15) is 11.6 Å². The number of aryl methyl sites for hydroxylation is 1. The standard InChI is InChI=1S/C17H20ClN3O/c1-2-3-17-19-9-13-11-21(7-6-16(13)20-17)10-12-4-5-14(22)8-15(12)18/h4-5,8-9,22H,2-3,6-7,10-11H2,1H3. The first-order valence-corrected chi connectivity index (χ1v) is 8.07. The molecular formula is C17H20ClN3O. The maximum atomic E-state index is 9.43. The molecule has 0 fully saturated rings. The normalized spacial score (nSPS) is 14.8. The highest BCUT2D eigenvalue weighted by molar-refractivity contribution is 6.31. The van der Waals surface area contributed by atoms with Crippen molar-refractivity contribution < 1.29 is 5.11 Å². The molecule has 1 aliphatic rings. The summed E-state index contributed by atoms with van der Waals surface area (Å²) < 4.78 is 0. The van der Waals surface area contributed by atoms with E-state index in [1.807, 2.05) is 12.3 Å². The van der Waals surface area contributed by atoms with Crippen LogP contribution in [-0.2, 0) is 25.9 Å². The van der Waals surface area contributed by atoms with Crippen LogP contribution in [0, 0.1) is 0 Å². The molecular weight excluding hydrogens is 298 g/mol. The number of phenols is 1. The minimum atomic E-state index is 0.203. The van der Waals surface area contributed by atoms with Gasteiger partial charge in [-0.15, -0.1) is 0 Å². The van der Waals surface area contributed by atoms with Crippen LogP contribution < -0.4 is 0 Å². The third kappa shape index (κ3) is 3.39. The Balaban J connectivity index is 1.71. The van der Waals surface area contributed by atoms with Crippen molar-refractivity contribution in [2.45, 2.75) is 39.3 Å². The predicted octanol–water partition coefficient (Wildman–Crippen LogP) is 3.35. The maximum absolute atomic E-state index is 9.43. The summed E-state index contributed by atoms with van der Waals surface area (Å²) in [5, 5.41) is 10.0. The molecule has 0 radical (unpaired) electrons. The van der Waals surface area contributed by atoms with Gasteiger partial charge in [0, 0.05) is 55.0 Å². The molecule has 1 aliphatic heterocycles. The van der Waals surface area contributed by atoms with Gasteiger partial charge < -0.3 is 5.11 Å². The summed E-state index contributed by atoms with van der Waals surface area (Å²) in [4.78, 5) is 11.5. The van der Waals surface area contributed by atoms with Crippen LogP contribution in [0.2, 0.25) is 5.02 Å². The van der Waals surface area contributed by atoms with Crippen LogP contribution in [0.1, 0.15) is 36.0 Å². The Bertz CT molecular complexity index is 675. The lowest BCUT2D eigenvalue weighted by Gasteiger charge is -2.28. The summed E-state index contributed by atoms with van der Waals surface area (Å²) in [6, 6.07) is 5.15. The number of aromatic hydroxyl groups is 1. The molecule has 0 atom stereocenters. The monoisotopic (exact) mass is 317 g/mol. The quantitative estimate of drug-likeness (QED) is 0.939. The highest BCUT2D eigenvalue weighted by atomic mass is 35.5. The Kier molecular flexibility index (Phi) is 4.60. The SMILES string of the molecule is CCCc1ncc2c(n1)CCN(Cc1ccc(O)cc1Cl)C2. The second-order valence-corrected chi connectivity index (χ2v) is 6.15. The third-order valence-electron chi connectivity index (χ3n) is 3.97. The third-order valence-corrected chi connectivity index (χ3v) is 4.32. The van der Waals surface area contributed by atoms with E-state index in [9.17, 15) is 5.11 Å². The summed E-state index contributed by atoms with van der Waals surface area (Å²) in [5.74, 6) is 1.16. The fraction of sp³-hybridized carbons (Fsp3) is 0.412. The van der Waals surface area contributed by atoms with Gasteiger partial charge in [0.15, 0.2) is 0 Å². The van der Waals surface area contributed by atoms with Crippen LogP contribution in [0.25, 0.3) is 0 Å². The van der Waals surface area contributed by atoms with Crippen LogP contribution in [0.3, 0.4) is 0 Å². The highest BCUT2D eigenvalue weighted by Crippen LogP contribution is 2.25. The van der Waals surface area contributed by atoms with E-state index in [1.165, 1.54) is 11.3 Å². The average molecular weight is 318 g/mol. The van der Waals surface area contributed by atoms with E-state index in [2.05, 4.69) is 21.8 Å². The predicted molar refractivity (Wildman–Crippen MR) is 87.0 cm³/mol. The molecule has 2 heterocycles. The number of nitrogens with zero attached hydrogens (tertiary/aromatic N) is 3. The molecule has 0 aliphatic carbocycles. The Morgan fingerprint density at radius 2 is 2.23 bits per heavy atom. The zero-order valence-electron chi connectivity index (χ0n) is 12.7. The largest absolute Gasteiger partial charge is 0.508 e. The molecule has 3 rings (SSSR count). The Labute approximate surface area is 135 Å². The molecule has 1 aromatic heterocycles. The van der Waals surface area contributed by atoms with Crippen molar-refractivity contribution in [1.82, 2.24) is 14.9 Å². The molecule has 4 nitrogen and oxygen atoms in total. The number of hydrogen-bond acceptors (Lipinski definition) is 4. The van der Waals surface area contributed by atoms with E-state index >= 15 is 0 Å². The van der Waals surface area contributed by atoms with Crippen molar-refractivity contribution in [3.63, 3.8) is 0 Å². The first kappa shape index (κ1) is 15.3. The topological polar surface area (TPSA) is 49.2 Å². The summed E-state index contributed by atoms with van der Waals surface area (Å²) in [7, 11) is 0. The zero-order chi connectivity index (χ0) is 15.5. The second-order valence-electron chi connectivity index (χ2n) is 5.74. The highest BCUT2D eigenvalue weighted by Gasteiger charge is 2.19. The van der Waals surface area contributed by atoms with Crippen molar-refractivity contribution >= 4 is 11.6 Å². The van der Waals surface area contributed by atoms with Crippen molar-refractivity contribution in [3.05, 3.63) is 52.1 Å². The van der Waals surface area contributed by atoms with Crippen LogP contribution in [0.4, 0.5) is 0 Å². The van der Waals surface area contributed by atoms with Crippen molar-refractivity contribution in [3.8, 4) is 5.75 Å². The van der Waals surface area contributed by atoms with Crippen molar-refractivity contribution in [1.29, 1.82) is 0 Å². The van der Waals surface area contributed by atoms with Gasteiger partial charge in [0.2, 0.25) is 0 Å². The summed E-state index contributed by atoms with van der Waals surface area (Å²) in [6.07, 6.45) is 4.94. The summed E-state index contributed by atoms with van der Waals surface area (Å²) in [6.45, 7) is 4.73. The van der Waals surface area contributed by atoms with Gasteiger partial charge in [0.25, 0.3) is 0 Å². The minimum absolute atomic E-state index is 0.203. The van der Waals surface area contributed by atoms with Crippen LogP contribution in [0.15, 0.2) is 24.4 Å². The van der Waals surface area contributed by atoms with Gasteiger partial charge in [-0.3, -0.25) is 4.90 Å². The molecule has 116 valence electrons. The Morgan fingerprint density at radius 3 is 3.00 bits per heavy atom. The van der Waals surface area contributed by atoms with E-state index in [-0.39, 0.29) is 5.75 Å². The molecule has 2 aromatic rings. The molecule has 0 amide bonds. The lowest BCUT2D eigenvalue weighted by molar-refractivity contribution is 0.242. The molecule has 22 heavy (non-hydrogen) atoms. The zero-order valence-corrected chi connectivity index (χ0v) is 13.5. The van der Waals surface area contributed by atoms with Crippen molar-refractivity contribution in [2.75, 3.05) is 6.54 Å². The molecule has 1 aromatic carbocycles. The molecule has 0 bridgehead atoms. The number of fused-ring (bicyclic) bond motifs is 1. The number of rotatable bonds is 4.